The number of fused-ring (bicyclic) bond motifs is 5. The molecule has 0 saturated carbocycles. The molecule has 0 saturated heterocycles. The monoisotopic (exact) mass is 505 g/mol. The van der Waals surface area contributed by atoms with Gasteiger partial charge in [0.2, 0.25) is 0 Å². The van der Waals surface area contributed by atoms with Crippen LogP contribution in [0.25, 0.3) is 21.8 Å². The summed E-state index contributed by atoms with van der Waals surface area (Å²) in [6, 6.07) is 18.1. The summed E-state index contributed by atoms with van der Waals surface area (Å²) in [5.41, 5.74) is 11.8. The van der Waals surface area contributed by atoms with Gasteiger partial charge in [-0.15, -0.1) is 0 Å². The van der Waals surface area contributed by atoms with Crippen molar-refractivity contribution >= 4 is 21.8 Å². The van der Waals surface area contributed by atoms with Crippen molar-refractivity contribution in [3.8, 4) is 0 Å². The number of benzene rings is 2. The molecule has 5 aliphatic carbocycles. The number of para-hydroxylation sites is 2. The van der Waals surface area contributed by atoms with Gasteiger partial charge in [0.15, 0.2) is 0 Å². The molecular formula is C38H35N. The van der Waals surface area contributed by atoms with E-state index in [-0.39, 0.29) is 0 Å². The lowest BCUT2D eigenvalue weighted by atomic mass is 9.61. The zero-order valence-corrected chi connectivity index (χ0v) is 22.5. The predicted octanol–water partition coefficient (Wildman–Crippen LogP) is 10.0. The Bertz CT molecular complexity index is 1680. The highest BCUT2D eigenvalue weighted by atomic mass is 15.0. The van der Waals surface area contributed by atoms with E-state index in [4.69, 9.17) is 0 Å². The summed E-state index contributed by atoms with van der Waals surface area (Å²) in [5.74, 6) is 1.08. The highest BCUT2D eigenvalue weighted by Crippen LogP contribution is 2.53. The molecule has 0 radical (unpaired) electrons. The summed E-state index contributed by atoms with van der Waals surface area (Å²) in [6.45, 7) is 0. The molecule has 1 aromatic heterocycles. The van der Waals surface area contributed by atoms with Gasteiger partial charge in [-0.05, 0) is 96.4 Å². The Labute approximate surface area is 231 Å². The van der Waals surface area contributed by atoms with E-state index in [1.165, 1.54) is 70.6 Å². The van der Waals surface area contributed by atoms with E-state index in [2.05, 4.69) is 114 Å². The maximum Gasteiger partial charge on any atom is 0.0560 e. The first kappa shape index (κ1) is 23.1. The van der Waals surface area contributed by atoms with Crippen LogP contribution in [0.1, 0.15) is 51.0 Å². The molecular weight excluding hydrogens is 470 g/mol. The SMILES string of the molecule is C1=CC(C2C3=CCCC=C3C(C3=CCC(n4c5ccccc5c5ccccc54)C=C3)=C3C=CCCC32)=CCC1. The summed E-state index contributed by atoms with van der Waals surface area (Å²) in [6.07, 6.45) is 32.9. The van der Waals surface area contributed by atoms with Gasteiger partial charge >= 0.3 is 0 Å². The summed E-state index contributed by atoms with van der Waals surface area (Å²) in [4.78, 5) is 0. The predicted molar refractivity (Wildman–Crippen MR) is 165 cm³/mol. The minimum absolute atomic E-state index is 0.325. The topological polar surface area (TPSA) is 4.93 Å². The van der Waals surface area contributed by atoms with Crippen LogP contribution in [0, 0.1) is 11.8 Å². The van der Waals surface area contributed by atoms with Gasteiger partial charge in [0, 0.05) is 27.7 Å². The largest absolute Gasteiger partial charge is 0.333 e. The average Bonchev–Trinajstić information content (AvgIpc) is 3.35. The Kier molecular flexibility index (Phi) is 5.57. The first-order chi connectivity index (χ1) is 19.4. The van der Waals surface area contributed by atoms with E-state index in [0.29, 0.717) is 17.9 Å². The van der Waals surface area contributed by atoms with E-state index in [1.807, 2.05) is 0 Å². The number of rotatable bonds is 3. The minimum atomic E-state index is 0.325. The lowest BCUT2D eigenvalue weighted by molar-refractivity contribution is 0.446. The average molecular weight is 506 g/mol. The Morgan fingerprint density at radius 3 is 2.15 bits per heavy atom. The van der Waals surface area contributed by atoms with Crippen LogP contribution in [0.5, 0.6) is 0 Å². The molecule has 1 heterocycles. The van der Waals surface area contributed by atoms with Crippen molar-refractivity contribution in [3.63, 3.8) is 0 Å². The number of allylic oxidation sites excluding steroid dienone is 16. The Morgan fingerprint density at radius 2 is 1.41 bits per heavy atom. The molecule has 0 fully saturated rings. The van der Waals surface area contributed by atoms with Crippen LogP contribution in [-0.4, -0.2) is 4.57 Å². The maximum atomic E-state index is 2.58. The van der Waals surface area contributed by atoms with Gasteiger partial charge in [0.05, 0.1) is 6.04 Å². The molecule has 2 aromatic carbocycles. The highest BCUT2D eigenvalue weighted by Gasteiger charge is 2.40. The summed E-state index contributed by atoms with van der Waals surface area (Å²) >= 11 is 0. The van der Waals surface area contributed by atoms with Gasteiger partial charge < -0.3 is 4.57 Å². The molecule has 0 N–H and O–H groups in total. The molecule has 3 unspecified atom stereocenters. The molecule has 1 nitrogen and oxygen atoms in total. The van der Waals surface area contributed by atoms with E-state index in [1.54, 1.807) is 16.7 Å². The molecule has 0 amide bonds. The second kappa shape index (κ2) is 9.42. The van der Waals surface area contributed by atoms with Gasteiger partial charge in [0.1, 0.15) is 0 Å². The van der Waals surface area contributed by atoms with E-state index in [0.717, 1.165) is 12.8 Å². The van der Waals surface area contributed by atoms with Crippen molar-refractivity contribution in [1.82, 2.24) is 4.57 Å². The van der Waals surface area contributed by atoms with Crippen molar-refractivity contribution in [1.29, 1.82) is 0 Å². The Morgan fingerprint density at radius 1 is 0.667 bits per heavy atom. The van der Waals surface area contributed by atoms with Crippen molar-refractivity contribution in [2.75, 3.05) is 0 Å². The molecule has 5 aliphatic rings. The van der Waals surface area contributed by atoms with Crippen molar-refractivity contribution in [2.45, 2.75) is 51.0 Å². The van der Waals surface area contributed by atoms with Gasteiger partial charge in [-0.25, -0.2) is 0 Å². The Hall–Kier alpha value is -3.84. The number of hydrogen-bond acceptors (Lipinski definition) is 0. The normalized spacial score (nSPS) is 26.2. The fourth-order valence-corrected chi connectivity index (χ4v) is 7.88. The first-order valence-corrected chi connectivity index (χ1v) is 14.9. The van der Waals surface area contributed by atoms with Gasteiger partial charge in [-0.2, -0.15) is 0 Å². The highest BCUT2D eigenvalue weighted by molar-refractivity contribution is 6.08. The molecule has 0 aliphatic heterocycles. The van der Waals surface area contributed by atoms with Crippen LogP contribution in [0.4, 0.5) is 0 Å². The third-order valence-corrected chi connectivity index (χ3v) is 9.52. The van der Waals surface area contributed by atoms with Crippen LogP contribution in [0.2, 0.25) is 0 Å². The van der Waals surface area contributed by atoms with Crippen LogP contribution in [-0.2, 0) is 0 Å². The zero-order valence-electron chi connectivity index (χ0n) is 22.5. The molecule has 3 aromatic rings. The van der Waals surface area contributed by atoms with Crippen LogP contribution >= 0.6 is 0 Å². The summed E-state index contributed by atoms with van der Waals surface area (Å²) in [5, 5.41) is 2.70. The molecule has 0 bridgehead atoms. The van der Waals surface area contributed by atoms with Gasteiger partial charge in [-0.3, -0.25) is 0 Å². The van der Waals surface area contributed by atoms with Crippen molar-refractivity contribution in [3.05, 3.63) is 143 Å². The van der Waals surface area contributed by atoms with Gasteiger partial charge in [0.25, 0.3) is 0 Å². The van der Waals surface area contributed by atoms with Gasteiger partial charge in [-0.1, -0.05) is 97.2 Å². The molecule has 1 heteroatoms. The third-order valence-electron chi connectivity index (χ3n) is 9.52. The number of hydrogen-bond donors (Lipinski definition) is 0. The molecule has 192 valence electrons. The van der Waals surface area contributed by atoms with E-state index < -0.39 is 0 Å². The van der Waals surface area contributed by atoms with Crippen molar-refractivity contribution in [2.24, 2.45) is 11.8 Å². The molecule has 8 rings (SSSR count). The molecule has 0 spiro atoms. The molecule has 39 heavy (non-hydrogen) atoms. The second-order valence-electron chi connectivity index (χ2n) is 11.7. The minimum Gasteiger partial charge on any atom is -0.333 e. The Balaban J connectivity index is 1.22. The maximum absolute atomic E-state index is 2.58. The van der Waals surface area contributed by atoms with Crippen molar-refractivity contribution < 1.29 is 0 Å². The van der Waals surface area contributed by atoms with E-state index >= 15 is 0 Å². The summed E-state index contributed by atoms with van der Waals surface area (Å²) in [7, 11) is 0. The van der Waals surface area contributed by atoms with Crippen LogP contribution in [0.15, 0.2) is 143 Å². The van der Waals surface area contributed by atoms with Crippen LogP contribution < -0.4 is 0 Å². The third kappa shape index (κ3) is 3.67. The number of aromatic nitrogens is 1. The number of nitrogens with zero attached hydrogens (tertiary/aromatic N) is 1. The second-order valence-corrected chi connectivity index (χ2v) is 11.7. The smallest absolute Gasteiger partial charge is 0.0560 e. The molecule has 3 atom stereocenters. The first-order valence-electron chi connectivity index (χ1n) is 14.9. The van der Waals surface area contributed by atoms with E-state index in [9.17, 15) is 0 Å². The van der Waals surface area contributed by atoms with Crippen LogP contribution in [0.3, 0.4) is 0 Å². The zero-order chi connectivity index (χ0) is 25.8. The fourth-order valence-electron chi connectivity index (χ4n) is 7.88. The lowest BCUT2D eigenvalue weighted by Crippen LogP contribution is -2.30. The fraction of sp³-hybridized carbons (Fsp3) is 0.263. The quantitative estimate of drug-likeness (QED) is 0.334. The lowest BCUT2D eigenvalue weighted by Gasteiger charge is -2.42. The summed E-state index contributed by atoms with van der Waals surface area (Å²) < 4.78 is 2.56. The standard InChI is InChI=1S/C38H35N/c1-2-12-26(13-3-1)37-31-16-4-6-18-33(31)38(34-19-7-5-17-32(34)37)27-22-24-28(25-23-27)39-35-20-10-8-14-29(35)30-15-9-11-21-36(30)39/h2,6,8-15,17-24,28,31,37H,1,3-5,7,16,25H2.